The highest BCUT2D eigenvalue weighted by Gasteiger charge is 2.22. The monoisotopic (exact) mass is 374 g/mol. The molecule has 0 aliphatic rings. The molecule has 0 heterocycles. The zero-order chi connectivity index (χ0) is 14.1. The van der Waals surface area contributed by atoms with Gasteiger partial charge in [0.2, 0.25) is 10.0 Å². The Hall–Kier alpha value is 0.150. The van der Waals surface area contributed by atoms with E-state index < -0.39 is 15.6 Å². The normalized spacial score (nSPS) is 12.8. The minimum Gasteiger partial charge on any atom is -0.324 e. The Bertz CT molecular complexity index is 556. The summed E-state index contributed by atoms with van der Waals surface area (Å²) in [7, 11) is -3.71. The molecule has 0 unspecified atom stereocenters. The van der Waals surface area contributed by atoms with Gasteiger partial charge in [-0.1, -0.05) is 23.2 Å². The zero-order valence-electron chi connectivity index (χ0n) is 9.80. The third kappa shape index (κ3) is 4.36. The third-order valence-electron chi connectivity index (χ3n) is 1.98. The number of sulfonamides is 1. The van der Waals surface area contributed by atoms with Crippen LogP contribution in [-0.2, 0) is 10.0 Å². The Labute approximate surface area is 125 Å². The van der Waals surface area contributed by atoms with Crippen molar-refractivity contribution in [2.45, 2.75) is 24.3 Å². The fourth-order valence-corrected chi connectivity index (χ4v) is 3.56. The van der Waals surface area contributed by atoms with Gasteiger partial charge in [0, 0.05) is 16.6 Å². The second-order valence-corrected chi connectivity index (χ2v) is 7.91. The Morgan fingerprint density at radius 2 is 1.89 bits per heavy atom. The second kappa shape index (κ2) is 5.64. The van der Waals surface area contributed by atoms with Crippen LogP contribution < -0.4 is 10.5 Å². The number of benzene rings is 1. The summed E-state index contributed by atoms with van der Waals surface area (Å²) in [5.41, 5.74) is 5.07. The molecule has 0 aliphatic carbocycles. The minimum absolute atomic E-state index is 0.0373. The van der Waals surface area contributed by atoms with E-state index in [4.69, 9.17) is 28.9 Å². The molecule has 1 aromatic rings. The van der Waals surface area contributed by atoms with Gasteiger partial charge in [-0.05, 0) is 41.9 Å². The molecule has 0 bridgehead atoms. The summed E-state index contributed by atoms with van der Waals surface area (Å²) in [6.45, 7) is 3.54. The van der Waals surface area contributed by atoms with Crippen molar-refractivity contribution in [2.75, 3.05) is 6.54 Å². The molecule has 0 saturated heterocycles. The zero-order valence-corrected chi connectivity index (χ0v) is 13.7. The van der Waals surface area contributed by atoms with Crippen molar-refractivity contribution in [3.8, 4) is 0 Å². The highest BCUT2D eigenvalue weighted by molar-refractivity contribution is 9.10. The number of rotatable bonds is 4. The van der Waals surface area contributed by atoms with Crippen molar-refractivity contribution in [1.29, 1.82) is 0 Å². The van der Waals surface area contributed by atoms with Crippen LogP contribution in [0.5, 0.6) is 0 Å². The molecular weight excluding hydrogens is 363 g/mol. The predicted molar refractivity (Wildman–Crippen MR) is 77.6 cm³/mol. The topological polar surface area (TPSA) is 72.2 Å². The third-order valence-corrected chi connectivity index (χ3v) is 5.05. The van der Waals surface area contributed by atoms with Gasteiger partial charge in [-0.3, -0.25) is 0 Å². The molecule has 0 fully saturated rings. The minimum atomic E-state index is -3.71. The van der Waals surface area contributed by atoms with Gasteiger partial charge in [0.25, 0.3) is 0 Å². The van der Waals surface area contributed by atoms with Crippen LogP contribution in [0.15, 0.2) is 21.5 Å². The van der Waals surface area contributed by atoms with Crippen molar-refractivity contribution in [1.82, 2.24) is 4.72 Å². The van der Waals surface area contributed by atoms with Crippen molar-refractivity contribution in [2.24, 2.45) is 5.73 Å². The maximum Gasteiger partial charge on any atom is 0.242 e. The van der Waals surface area contributed by atoms with E-state index in [1.807, 2.05) is 0 Å². The van der Waals surface area contributed by atoms with Gasteiger partial charge in [0.1, 0.15) is 4.90 Å². The van der Waals surface area contributed by atoms with Crippen LogP contribution in [0.3, 0.4) is 0 Å². The highest BCUT2D eigenvalue weighted by Crippen LogP contribution is 2.31. The summed E-state index contributed by atoms with van der Waals surface area (Å²) < 4.78 is 27.0. The van der Waals surface area contributed by atoms with E-state index in [1.165, 1.54) is 12.1 Å². The van der Waals surface area contributed by atoms with Gasteiger partial charge in [-0.2, -0.15) is 0 Å². The average Bonchev–Trinajstić information content (AvgIpc) is 2.19. The van der Waals surface area contributed by atoms with Crippen LogP contribution in [0.25, 0.3) is 0 Å². The van der Waals surface area contributed by atoms with Crippen LogP contribution >= 0.6 is 39.1 Å². The molecule has 0 saturated carbocycles. The number of hydrogen-bond acceptors (Lipinski definition) is 3. The van der Waals surface area contributed by atoms with E-state index in [0.29, 0.717) is 9.50 Å². The highest BCUT2D eigenvalue weighted by atomic mass is 79.9. The molecular formula is C10H13BrCl2N2O2S. The van der Waals surface area contributed by atoms with Gasteiger partial charge >= 0.3 is 0 Å². The molecule has 0 radical (unpaired) electrons. The Balaban J connectivity index is 3.10. The Morgan fingerprint density at radius 1 is 1.33 bits per heavy atom. The summed E-state index contributed by atoms with van der Waals surface area (Å²) in [5, 5.41) is 0.406. The molecule has 0 amide bonds. The summed E-state index contributed by atoms with van der Waals surface area (Å²) in [5.74, 6) is 0. The van der Waals surface area contributed by atoms with E-state index in [-0.39, 0.29) is 16.5 Å². The molecule has 0 spiro atoms. The predicted octanol–water partition coefficient (Wildman–Crippen LogP) is 2.77. The smallest absolute Gasteiger partial charge is 0.242 e. The van der Waals surface area contributed by atoms with Crippen molar-refractivity contribution in [3.05, 3.63) is 26.7 Å². The number of halogens is 3. The van der Waals surface area contributed by atoms with Crippen LogP contribution in [0.1, 0.15) is 13.8 Å². The Kier molecular flexibility index (Phi) is 5.08. The standard InChI is InChI=1S/C10H13BrCl2N2O2S/c1-10(2,14)5-15-18(16,17)9-3-6(11)7(12)4-8(9)13/h3-4,15H,5,14H2,1-2H3. The first-order chi connectivity index (χ1) is 8.03. The van der Waals surface area contributed by atoms with Crippen molar-refractivity contribution >= 4 is 49.2 Å². The lowest BCUT2D eigenvalue weighted by atomic mass is 10.1. The molecule has 102 valence electrons. The molecule has 0 atom stereocenters. The van der Waals surface area contributed by atoms with E-state index in [2.05, 4.69) is 20.7 Å². The largest absolute Gasteiger partial charge is 0.324 e. The second-order valence-electron chi connectivity index (χ2n) is 4.51. The van der Waals surface area contributed by atoms with Crippen LogP contribution in [0.4, 0.5) is 0 Å². The quantitative estimate of drug-likeness (QED) is 0.794. The molecule has 4 nitrogen and oxygen atoms in total. The maximum atomic E-state index is 12.0. The first kappa shape index (κ1) is 16.2. The summed E-state index contributed by atoms with van der Waals surface area (Å²) in [4.78, 5) is -0.0373. The van der Waals surface area contributed by atoms with E-state index >= 15 is 0 Å². The van der Waals surface area contributed by atoms with E-state index in [1.54, 1.807) is 13.8 Å². The molecule has 1 aromatic carbocycles. The fraction of sp³-hybridized carbons (Fsp3) is 0.400. The van der Waals surface area contributed by atoms with Gasteiger partial charge < -0.3 is 5.73 Å². The van der Waals surface area contributed by atoms with Crippen LogP contribution in [0.2, 0.25) is 10.0 Å². The summed E-state index contributed by atoms with van der Waals surface area (Å²) in [6, 6.07) is 2.73. The van der Waals surface area contributed by atoms with Crippen LogP contribution in [0, 0.1) is 0 Å². The SMILES string of the molecule is CC(C)(N)CNS(=O)(=O)c1cc(Br)c(Cl)cc1Cl. The van der Waals surface area contributed by atoms with E-state index in [0.717, 1.165) is 0 Å². The lowest BCUT2D eigenvalue weighted by Gasteiger charge is -2.19. The first-order valence-electron chi connectivity index (χ1n) is 4.96. The average molecular weight is 376 g/mol. The van der Waals surface area contributed by atoms with Crippen molar-refractivity contribution < 1.29 is 8.42 Å². The summed E-state index contributed by atoms with van der Waals surface area (Å²) >= 11 is 14.9. The maximum absolute atomic E-state index is 12.0. The first-order valence-corrected chi connectivity index (χ1v) is 7.99. The lowest BCUT2D eigenvalue weighted by Crippen LogP contribution is -2.45. The summed E-state index contributed by atoms with van der Waals surface area (Å²) in [6.07, 6.45) is 0. The molecule has 3 N–H and O–H groups in total. The molecule has 18 heavy (non-hydrogen) atoms. The van der Waals surface area contributed by atoms with E-state index in [9.17, 15) is 8.42 Å². The van der Waals surface area contributed by atoms with Crippen molar-refractivity contribution in [3.63, 3.8) is 0 Å². The lowest BCUT2D eigenvalue weighted by molar-refractivity contribution is 0.498. The van der Waals surface area contributed by atoms with Gasteiger partial charge in [0.05, 0.1) is 10.0 Å². The number of nitrogens with two attached hydrogens (primary N) is 1. The molecule has 0 aliphatic heterocycles. The number of nitrogens with one attached hydrogen (secondary N) is 1. The molecule has 8 heteroatoms. The van der Waals surface area contributed by atoms with Gasteiger partial charge in [-0.25, -0.2) is 13.1 Å². The fourth-order valence-electron chi connectivity index (χ4n) is 1.07. The number of hydrogen-bond donors (Lipinski definition) is 2. The van der Waals surface area contributed by atoms with Crippen LogP contribution in [-0.4, -0.2) is 20.5 Å². The molecule has 0 aromatic heterocycles. The Morgan fingerprint density at radius 3 is 2.39 bits per heavy atom. The van der Waals surface area contributed by atoms with Gasteiger partial charge in [0.15, 0.2) is 0 Å². The van der Waals surface area contributed by atoms with Gasteiger partial charge in [-0.15, -0.1) is 0 Å². The molecule has 1 rings (SSSR count).